The number of hydrogen-bond acceptors (Lipinski definition) is 4. The van der Waals surface area contributed by atoms with E-state index in [0.29, 0.717) is 0 Å². The summed E-state index contributed by atoms with van der Waals surface area (Å²) < 4.78 is 0. The van der Waals surface area contributed by atoms with Gasteiger partial charge in [0.05, 0.1) is 34.3 Å². The van der Waals surface area contributed by atoms with Crippen molar-refractivity contribution in [3.8, 4) is 123 Å². The van der Waals surface area contributed by atoms with E-state index in [1.54, 1.807) is 0 Å². The van der Waals surface area contributed by atoms with E-state index in [9.17, 15) is 0 Å². The summed E-state index contributed by atoms with van der Waals surface area (Å²) in [5.74, 6) is 0. The van der Waals surface area contributed by atoms with Gasteiger partial charge < -0.3 is 0 Å². The van der Waals surface area contributed by atoms with E-state index >= 15 is 0 Å². The zero-order valence-corrected chi connectivity index (χ0v) is 41.5. The number of para-hydroxylation sites is 2. The first-order chi connectivity index (χ1) is 37.7. The van der Waals surface area contributed by atoms with Gasteiger partial charge in [0, 0.05) is 29.1 Å². The van der Waals surface area contributed by atoms with E-state index in [2.05, 4.69) is 234 Å². The van der Waals surface area contributed by atoms with E-state index in [1.807, 2.05) is 67.1 Å². The Morgan fingerprint density at radius 1 is 0.184 bits per heavy atom. The topological polar surface area (TPSA) is 51.6 Å². The Kier molecular flexibility index (Phi) is 12.3. The van der Waals surface area contributed by atoms with E-state index in [-0.39, 0.29) is 0 Å². The minimum absolute atomic E-state index is 0.827. The molecule has 0 aliphatic rings. The van der Waals surface area contributed by atoms with Crippen molar-refractivity contribution in [1.29, 1.82) is 0 Å². The van der Waals surface area contributed by atoms with Crippen LogP contribution in [0, 0.1) is 0 Å². The van der Waals surface area contributed by atoms with Gasteiger partial charge in [0.1, 0.15) is 0 Å². The van der Waals surface area contributed by atoms with Gasteiger partial charge in [-0.3, -0.25) is 15.0 Å². The number of benzene rings is 10. The molecule has 13 aromatic rings. The molecule has 0 amide bonds. The van der Waals surface area contributed by atoms with Gasteiger partial charge in [-0.15, -0.1) is 0 Å². The van der Waals surface area contributed by atoms with Crippen LogP contribution in [0.25, 0.3) is 134 Å². The summed E-state index contributed by atoms with van der Waals surface area (Å²) in [7, 11) is 0. The second-order valence-corrected chi connectivity index (χ2v) is 19.0. The van der Waals surface area contributed by atoms with Crippen LogP contribution in [0.3, 0.4) is 0 Å². The van der Waals surface area contributed by atoms with E-state index in [4.69, 9.17) is 9.97 Å². The van der Waals surface area contributed by atoms with Gasteiger partial charge >= 0.3 is 0 Å². The molecule has 76 heavy (non-hydrogen) atoms. The molecule has 13 rings (SSSR count). The van der Waals surface area contributed by atoms with Crippen molar-refractivity contribution in [3.63, 3.8) is 0 Å². The lowest BCUT2D eigenvalue weighted by Gasteiger charge is -2.19. The summed E-state index contributed by atoms with van der Waals surface area (Å²) in [6.07, 6.45) is 5.58. The number of rotatable bonds is 11. The third kappa shape index (κ3) is 9.17. The van der Waals surface area contributed by atoms with E-state index in [0.717, 1.165) is 123 Å². The predicted octanol–water partition coefficient (Wildman–Crippen LogP) is 18.8. The SMILES string of the molecule is c1ccc(-c2ccc(-c3cc(-c4cnc5ccccc5n4)ccc3-c3ccccc3-c3cc(-c4ccccc4-c4ccc(-c5ccccn5)cc4)cc(-c4ccccc4-c4ccc(-c5ccccn5)cc4)c3)cc2)cc1. The maximum atomic E-state index is 5.10. The first-order valence-electron chi connectivity index (χ1n) is 25.7. The minimum atomic E-state index is 0.827. The summed E-state index contributed by atoms with van der Waals surface area (Å²) in [6, 6.07) is 97.5. The number of hydrogen-bond donors (Lipinski definition) is 0. The highest BCUT2D eigenvalue weighted by Crippen LogP contribution is 2.45. The van der Waals surface area contributed by atoms with Crippen LogP contribution in [-0.2, 0) is 0 Å². The molecule has 0 saturated carbocycles. The number of pyridine rings is 2. The Morgan fingerprint density at radius 2 is 0.553 bits per heavy atom. The largest absolute Gasteiger partial charge is 0.256 e. The molecule has 3 heterocycles. The molecule has 0 N–H and O–H groups in total. The molecule has 10 aromatic carbocycles. The first-order valence-corrected chi connectivity index (χ1v) is 25.7. The molecule has 356 valence electrons. The monoisotopic (exact) mass is 968 g/mol. The normalized spacial score (nSPS) is 11.2. The molecule has 0 unspecified atom stereocenters. The highest BCUT2D eigenvalue weighted by atomic mass is 14.8. The summed E-state index contributed by atoms with van der Waals surface area (Å²) >= 11 is 0. The predicted molar refractivity (Wildman–Crippen MR) is 315 cm³/mol. The lowest BCUT2D eigenvalue weighted by atomic mass is 9.84. The Hall–Kier alpha value is -10.2. The van der Waals surface area contributed by atoms with Gasteiger partial charge in [0.2, 0.25) is 0 Å². The molecule has 0 aliphatic carbocycles. The molecule has 3 aromatic heterocycles. The first kappa shape index (κ1) is 45.7. The van der Waals surface area contributed by atoms with Crippen molar-refractivity contribution in [1.82, 2.24) is 19.9 Å². The van der Waals surface area contributed by atoms with Crippen LogP contribution < -0.4 is 0 Å². The van der Waals surface area contributed by atoms with Gasteiger partial charge in [-0.1, -0.05) is 212 Å². The average molecular weight is 969 g/mol. The fourth-order valence-electron chi connectivity index (χ4n) is 10.5. The molecule has 0 bridgehead atoms. The zero-order valence-electron chi connectivity index (χ0n) is 41.5. The lowest BCUT2D eigenvalue weighted by Crippen LogP contribution is -1.94. The Labute approximate surface area is 443 Å². The number of nitrogens with zero attached hydrogens (tertiary/aromatic N) is 4. The second-order valence-electron chi connectivity index (χ2n) is 19.0. The highest BCUT2D eigenvalue weighted by Gasteiger charge is 2.19. The quantitative estimate of drug-likeness (QED) is 0.130. The summed E-state index contributed by atoms with van der Waals surface area (Å²) in [5.41, 5.74) is 25.8. The number of aromatic nitrogens is 4. The molecule has 0 spiro atoms. The minimum Gasteiger partial charge on any atom is -0.256 e. The van der Waals surface area contributed by atoms with Crippen molar-refractivity contribution in [2.75, 3.05) is 0 Å². The molecular weight excluding hydrogens is 921 g/mol. The molecule has 0 fully saturated rings. The van der Waals surface area contributed by atoms with Crippen LogP contribution >= 0.6 is 0 Å². The summed E-state index contributed by atoms with van der Waals surface area (Å²) in [6.45, 7) is 0. The Balaban J connectivity index is 0.987. The van der Waals surface area contributed by atoms with Crippen LogP contribution in [-0.4, -0.2) is 19.9 Å². The third-order valence-corrected chi connectivity index (χ3v) is 14.3. The van der Waals surface area contributed by atoms with Crippen LogP contribution in [0.4, 0.5) is 0 Å². The fraction of sp³-hybridized carbons (Fsp3) is 0. The van der Waals surface area contributed by atoms with Crippen molar-refractivity contribution in [2.45, 2.75) is 0 Å². The van der Waals surface area contributed by atoms with Gasteiger partial charge in [-0.25, -0.2) is 4.98 Å². The number of fused-ring (bicyclic) bond motifs is 1. The fourth-order valence-corrected chi connectivity index (χ4v) is 10.5. The molecular formula is C72H48N4. The van der Waals surface area contributed by atoms with Crippen LogP contribution in [0.15, 0.2) is 292 Å². The van der Waals surface area contributed by atoms with Gasteiger partial charge in [0.25, 0.3) is 0 Å². The van der Waals surface area contributed by atoms with Gasteiger partial charge in [-0.05, 0) is 150 Å². The van der Waals surface area contributed by atoms with Crippen molar-refractivity contribution in [3.05, 3.63) is 292 Å². The summed E-state index contributed by atoms with van der Waals surface area (Å²) in [5, 5.41) is 0. The molecule has 0 radical (unpaired) electrons. The van der Waals surface area contributed by atoms with Gasteiger partial charge in [-0.2, -0.15) is 0 Å². The van der Waals surface area contributed by atoms with Crippen molar-refractivity contribution >= 4 is 11.0 Å². The average Bonchev–Trinajstić information content (AvgIpc) is 3.54. The summed E-state index contributed by atoms with van der Waals surface area (Å²) in [4.78, 5) is 19.2. The highest BCUT2D eigenvalue weighted by molar-refractivity contribution is 5.98. The van der Waals surface area contributed by atoms with E-state index in [1.165, 1.54) is 11.1 Å². The Morgan fingerprint density at radius 3 is 1.07 bits per heavy atom. The zero-order chi connectivity index (χ0) is 50.6. The van der Waals surface area contributed by atoms with Crippen LogP contribution in [0.1, 0.15) is 0 Å². The molecule has 4 nitrogen and oxygen atoms in total. The molecule has 0 saturated heterocycles. The van der Waals surface area contributed by atoms with E-state index < -0.39 is 0 Å². The van der Waals surface area contributed by atoms with Crippen LogP contribution in [0.5, 0.6) is 0 Å². The van der Waals surface area contributed by atoms with Gasteiger partial charge in [0.15, 0.2) is 0 Å². The molecule has 0 aliphatic heterocycles. The van der Waals surface area contributed by atoms with Crippen LogP contribution in [0.2, 0.25) is 0 Å². The standard InChI is InChI=1S/C72H48N4/c1-2-16-49(17-3-1)50-28-30-53(31-29-50)67-47-56(72-48-75-70-26-10-11-27-71(70)76-72)40-41-66(67)65-23-9-8-22-64(65)59-45-57(62-20-6-4-18-60(62)51-32-36-54(37-33-51)68-24-12-14-42-73-68)44-58(46-59)63-21-7-5-19-61(63)52-34-38-55(39-35-52)69-25-13-15-43-74-69/h1-48H. The second kappa shape index (κ2) is 20.4. The van der Waals surface area contributed by atoms with Crippen molar-refractivity contribution < 1.29 is 0 Å². The maximum Gasteiger partial charge on any atom is 0.0894 e. The molecule has 0 atom stereocenters. The maximum absolute atomic E-state index is 5.10. The smallest absolute Gasteiger partial charge is 0.0894 e. The Bertz CT molecular complexity index is 4030. The molecule has 4 heteroatoms. The van der Waals surface area contributed by atoms with Crippen molar-refractivity contribution in [2.24, 2.45) is 0 Å². The third-order valence-electron chi connectivity index (χ3n) is 14.3. The lowest BCUT2D eigenvalue weighted by molar-refractivity contribution is 1.29.